The van der Waals surface area contributed by atoms with Gasteiger partial charge in [0.25, 0.3) is 0 Å². The van der Waals surface area contributed by atoms with Crippen molar-refractivity contribution in [1.29, 1.82) is 0 Å². The van der Waals surface area contributed by atoms with Crippen LogP contribution in [0.1, 0.15) is 1.43 Å². The van der Waals surface area contributed by atoms with Crippen molar-refractivity contribution in [3.05, 3.63) is 0 Å². The Balaban J connectivity index is -0.0000000267. The van der Waals surface area contributed by atoms with Crippen molar-refractivity contribution in [3.8, 4) is 0 Å². The summed E-state index contributed by atoms with van der Waals surface area (Å²) in [5.41, 5.74) is 0. The molecule has 0 aromatic heterocycles. The number of rotatable bonds is 0. The summed E-state index contributed by atoms with van der Waals surface area (Å²) < 4.78 is 8.55. The third kappa shape index (κ3) is 337. The molecule has 0 saturated carbocycles. The van der Waals surface area contributed by atoms with E-state index in [4.69, 9.17) is 19.2 Å². The Morgan fingerprint density at radius 1 is 1.29 bits per heavy atom. The normalized spacial score (nSPS) is 8.43. The molecular weight excluding hydrogens is 162 g/mol. The van der Waals surface area contributed by atoms with Gasteiger partial charge >= 0.3 is 1.43 Å². The van der Waals surface area contributed by atoms with Crippen LogP contribution in [0.5, 0.6) is 0 Å². The molecule has 0 atom stereocenters. The minimum Gasteiger partial charge on any atom is -0.822 e. The average Bonchev–Trinajstić information content (AvgIpc) is 0.722. The van der Waals surface area contributed by atoms with E-state index in [1.54, 1.807) is 0 Å². The van der Waals surface area contributed by atoms with Crippen LogP contribution in [0.15, 0.2) is 0 Å². The van der Waals surface area contributed by atoms with Gasteiger partial charge in [0.05, 0.1) is 0 Å². The Morgan fingerprint density at radius 3 is 1.29 bits per heavy atom. The molecule has 45 valence electrons. The third-order valence-corrected chi connectivity index (χ3v) is 0. The maximum Gasteiger partial charge on any atom is 1.00 e. The second kappa shape index (κ2) is 4.80. The number of hydrogen-bond donors (Lipinski definition) is 0. The van der Waals surface area contributed by atoms with Crippen LogP contribution in [0.2, 0.25) is 0 Å². The first-order valence-corrected chi connectivity index (χ1v) is 2.19. The van der Waals surface area contributed by atoms with Gasteiger partial charge in [0.1, 0.15) is 0 Å². The molecule has 7 heavy (non-hydrogen) atoms. The standard InChI is InChI=1S/H3O4P.H2O.V/c1-5(2,3)4;;/h(H3,1,2,3,4);1H2;/p-2. The average molecular weight is 165 g/mol. The molecule has 0 aliphatic rings. The van der Waals surface area contributed by atoms with Crippen molar-refractivity contribution in [2.75, 3.05) is 0 Å². The fourth-order valence-electron chi connectivity index (χ4n) is 0. The predicted octanol–water partition coefficient (Wildman–Crippen LogP) is -3.54. The quantitative estimate of drug-likeness (QED) is 0.345. The summed E-state index contributed by atoms with van der Waals surface area (Å²) in [5, 5.41) is 0. The van der Waals surface area contributed by atoms with Crippen LogP contribution >= 0.6 is 7.82 Å². The van der Waals surface area contributed by atoms with Gasteiger partial charge in [-0.25, -0.2) is 0 Å². The van der Waals surface area contributed by atoms with Crippen LogP contribution < -0.4 is 14.7 Å². The Bertz CT molecular complexity index is 58.6. The van der Waals surface area contributed by atoms with Gasteiger partial charge in [0.2, 0.25) is 0 Å². The molecule has 7 heteroatoms. The molecule has 0 amide bonds. The first-order valence-electron chi connectivity index (χ1n) is 0.730. The van der Waals surface area contributed by atoms with Crippen molar-refractivity contribution < 1.29 is 44.7 Å². The number of phosphoric acid groups is 1. The Morgan fingerprint density at radius 2 is 1.29 bits per heavy atom. The first-order chi connectivity index (χ1) is 2.00. The van der Waals surface area contributed by atoms with E-state index in [9.17, 15) is 0 Å². The van der Waals surface area contributed by atoms with Gasteiger partial charge in [0.15, 0.2) is 0 Å². The molecule has 0 saturated heterocycles. The summed E-state index contributed by atoms with van der Waals surface area (Å²) in [5.74, 6) is 0. The van der Waals surface area contributed by atoms with Crippen molar-refractivity contribution in [3.63, 3.8) is 0 Å². The zero-order valence-electron chi connectivity index (χ0n) is 4.03. The maximum absolute atomic E-state index is 8.55. The van der Waals surface area contributed by atoms with E-state index in [1.165, 1.54) is 0 Å². The molecule has 0 aliphatic heterocycles. The number of hydrogen-bond acceptors (Lipinski definition) is 4. The van der Waals surface area contributed by atoms with Crippen molar-refractivity contribution in [2.24, 2.45) is 0 Å². The van der Waals surface area contributed by atoms with Crippen LogP contribution in [-0.2, 0) is 23.1 Å². The molecule has 1 radical (unpaired) electrons. The molecular formula is H3O5PV-2. The zero-order valence-corrected chi connectivity index (χ0v) is 5.32. The summed E-state index contributed by atoms with van der Waals surface area (Å²) in [4.78, 5) is 25.6. The first kappa shape index (κ1) is 15.6. The molecule has 0 bridgehead atoms. The van der Waals surface area contributed by atoms with Crippen LogP contribution in [0.3, 0.4) is 0 Å². The maximum atomic E-state index is 8.55. The van der Waals surface area contributed by atoms with Gasteiger partial charge in [-0.3, -0.25) is 0 Å². The molecule has 0 aliphatic carbocycles. The van der Waals surface area contributed by atoms with Crippen LogP contribution in [0.4, 0.5) is 0 Å². The summed E-state index contributed by atoms with van der Waals surface area (Å²) >= 11 is 0. The molecule has 0 rings (SSSR count). The molecule has 0 aromatic rings. The van der Waals surface area contributed by atoms with E-state index in [0.717, 1.165) is 0 Å². The van der Waals surface area contributed by atoms with Gasteiger partial charge < -0.3 is 24.7 Å². The zero-order chi connectivity index (χ0) is 4.50. The van der Waals surface area contributed by atoms with Crippen molar-refractivity contribution in [1.82, 2.24) is 0 Å². The Labute approximate surface area is 53.3 Å². The fourth-order valence-corrected chi connectivity index (χ4v) is 0. The van der Waals surface area contributed by atoms with E-state index >= 15 is 0 Å². The van der Waals surface area contributed by atoms with E-state index < -0.39 is 7.82 Å². The smallest absolute Gasteiger partial charge is 0.822 e. The predicted molar refractivity (Wildman–Crippen MR) is 12.3 cm³/mol. The molecule has 0 unspecified atom stereocenters. The molecule has 0 heterocycles. The molecule has 5 nitrogen and oxygen atoms in total. The summed E-state index contributed by atoms with van der Waals surface area (Å²) in [7, 11) is -5.39. The van der Waals surface area contributed by atoms with Crippen LogP contribution in [-0.4, -0.2) is 5.48 Å². The molecule has 2 N–H and O–H groups in total. The van der Waals surface area contributed by atoms with Gasteiger partial charge in [0, 0.05) is 18.6 Å². The Kier molecular flexibility index (Phi) is 10.7. The molecule has 0 spiro atoms. The van der Waals surface area contributed by atoms with E-state index in [-0.39, 0.29) is 25.5 Å². The topological polar surface area (TPSA) is 118 Å². The largest absolute Gasteiger partial charge is 1.00 e. The Hall–Kier alpha value is 0.654. The van der Waals surface area contributed by atoms with E-state index in [0.29, 0.717) is 0 Å². The minimum absolute atomic E-state index is 0. The van der Waals surface area contributed by atoms with Gasteiger partial charge in [-0.2, -0.15) is 7.82 Å². The second-order valence-corrected chi connectivity index (χ2v) is 1.34. The fraction of sp³-hybridized carbons (Fsp3) is 0. The van der Waals surface area contributed by atoms with Crippen molar-refractivity contribution in [2.45, 2.75) is 0 Å². The SMILES string of the molecule is O.O=P([O-])([O-])[O-].[H+].[V]. The minimum atomic E-state index is -5.39. The van der Waals surface area contributed by atoms with E-state index in [2.05, 4.69) is 0 Å². The van der Waals surface area contributed by atoms with Gasteiger partial charge in [-0.1, -0.05) is 0 Å². The van der Waals surface area contributed by atoms with Crippen LogP contribution in [0, 0.1) is 0 Å². The second-order valence-electron chi connectivity index (χ2n) is 0.447. The summed E-state index contributed by atoms with van der Waals surface area (Å²) in [6.45, 7) is 0. The third-order valence-electron chi connectivity index (χ3n) is 0. The van der Waals surface area contributed by atoms with Crippen LogP contribution in [0.25, 0.3) is 0 Å². The summed E-state index contributed by atoms with van der Waals surface area (Å²) in [6, 6.07) is 0. The van der Waals surface area contributed by atoms with E-state index in [1.807, 2.05) is 0 Å². The molecule has 0 fully saturated rings. The summed E-state index contributed by atoms with van der Waals surface area (Å²) in [6.07, 6.45) is 0. The van der Waals surface area contributed by atoms with Crippen molar-refractivity contribution >= 4 is 7.82 Å². The monoisotopic (exact) mass is 165 g/mol. The van der Waals surface area contributed by atoms with Gasteiger partial charge in [-0.05, 0) is 0 Å². The van der Waals surface area contributed by atoms with Gasteiger partial charge in [-0.15, -0.1) is 0 Å². The molecule has 0 aromatic carbocycles.